The van der Waals surface area contributed by atoms with E-state index in [4.69, 9.17) is 11.6 Å². The summed E-state index contributed by atoms with van der Waals surface area (Å²) in [5.41, 5.74) is 1.60. The van der Waals surface area contributed by atoms with Gasteiger partial charge in [0.05, 0.1) is 0 Å². The monoisotopic (exact) mass is 409 g/mol. The van der Waals surface area contributed by atoms with Gasteiger partial charge in [0, 0.05) is 38.7 Å². The van der Waals surface area contributed by atoms with Crippen molar-refractivity contribution in [2.75, 3.05) is 0 Å². The summed E-state index contributed by atoms with van der Waals surface area (Å²) in [4.78, 5) is 1.33. The Bertz CT molecular complexity index is 869. The smallest absolute Gasteiger partial charge is 0.191 e. The summed E-state index contributed by atoms with van der Waals surface area (Å²) in [6.07, 6.45) is 0.972. The number of halogens is 2. The minimum absolute atomic E-state index is 0.286. The molecule has 0 aliphatic carbocycles. The molecule has 0 fully saturated rings. The summed E-state index contributed by atoms with van der Waals surface area (Å²) in [7, 11) is 0. The molecule has 3 aromatic rings. The van der Waals surface area contributed by atoms with Crippen LogP contribution in [0.25, 0.3) is 11.4 Å². The second-order valence-corrected chi connectivity index (χ2v) is 8.63. The Labute approximate surface area is 166 Å². The topological polar surface area (TPSA) is 30.7 Å². The molecule has 7 heteroatoms. The molecule has 1 aromatic carbocycles. The fourth-order valence-electron chi connectivity index (χ4n) is 2.61. The van der Waals surface area contributed by atoms with E-state index in [2.05, 4.69) is 47.0 Å². The van der Waals surface area contributed by atoms with Crippen molar-refractivity contribution >= 4 is 34.7 Å². The van der Waals surface area contributed by atoms with Crippen LogP contribution in [0.1, 0.15) is 43.6 Å². The van der Waals surface area contributed by atoms with Crippen LogP contribution in [0, 0.1) is 5.82 Å². The predicted molar refractivity (Wildman–Crippen MR) is 109 cm³/mol. The van der Waals surface area contributed by atoms with Crippen LogP contribution in [0.15, 0.2) is 34.8 Å². The average molecular weight is 410 g/mol. The van der Waals surface area contributed by atoms with Gasteiger partial charge in [-0.25, -0.2) is 4.39 Å². The van der Waals surface area contributed by atoms with E-state index in [0.29, 0.717) is 22.3 Å². The highest BCUT2D eigenvalue weighted by molar-refractivity contribution is 7.98. The van der Waals surface area contributed by atoms with Crippen molar-refractivity contribution in [3.63, 3.8) is 0 Å². The zero-order valence-electron chi connectivity index (χ0n) is 15.0. The largest absolute Gasteiger partial charge is 0.302 e. The Hall–Kier alpha value is -1.37. The lowest BCUT2D eigenvalue weighted by Crippen LogP contribution is -2.02. The molecule has 0 spiro atoms. The minimum Gasteiger partial charge on any atom is -0.302 e. The van der Waals surface area contributed by atoms with Crippen LogP contribution >= 0.6 is 34.7 Å². The van der Waals surface area contributed by atoms with Gasteiger partial charge in [0.1, 0.15) is 5.82 Å². The molecule has 0 atom stereocenters. The maximum Gasteiger partial charge on any atom is 0.191 e. The molecule has 0 saturated heterocycles. The Morgan fingerprint density at radius 3 is 2.77 bits per heavy atom. The second kappa shape index (κ2) is 8.55. The van der Waals surface area contributed by atoms with E-state index in [1.54, 1.807) is 23.5 Å². The Morgan fingerprint density at radius 2 is 2.12 bits per heavy atom. The molecule has 0 N–H and O–H groups in total. The van der Waals surface area contributed by atoms with E-state index in [1.165, 1.54) is 22.7 Å². The Balaban J connectivity index is 1.87. The molecule has 138 valence electrons. The molecule has 3 rings (SSSR count). The molecule has 0 aliphatic rings. The quantitative estimate of drug-likeness (QED) is 0.410. The molecule has 2 aromatic heterocycles. The van der Waals surface area contributed by atoms with E-state index in [1.807, 2.05) is 0 Å². The zero-order chi connectivity index (χ0) is 18.7. The third-order valence-electron chi connectivity index (χ3n) is 4.02. The molecule has 0 bridgehead atoms. The number of hydrogen-bond donors (Lipinski definition) is 0. The lowest BCUT2D eigenvalue weighted by molar-refractivity contribution is 0.615. The second-order valence-electron chi connectivity index (χ2n) is 6.34. The van der Waals surface area contributed by atoms with Gasteiger partial charge >= 0.3 is 0 Å². The number of hydrogen-bond acceptors (Lipinski definition) is 4. The number of thiophene rings is 1. The van der Waals surface area contributed by atoms with Gasteiger partial charge in [-0.3, -0.25) is 0 Å². The van der Waals surface area contributed by atoms with Gasteiger partial charge in [-0.2, -0.15) is 0 Å². The van der Waals surface area contributed by atoms with Crippen molar-refractivity contribution < 1.29 is 4.39 Å². The number of benzene rings is 1. The summed E-state index contributed by atoms with van der Waals surface area (Å²) < 4.78 is 16.1. The Morgan fingerprint density at radius 1 is 1.31 bits per heavy atom. The summed E-state index contributed by atoms with van der Waals surface area (Å²) in [5, 5.41) is 12.1. The fourth-order valence-corrected chi connectivity index (χ4v) is 4.83. The first-order valence-corrected chi connectivity index (χ1v) is 10.8. The van der Waals surface area contributed by atoms with E-state index in [0.717, 1.165) is 29.5 Å². The summed E-state index contributed by atoms with van der Waals surface area (Å²) in [6.45, 7) is 7.32. The van der Waals surface area contributed by atoms with Crippen LogP contribution in [-0.4, -0.2) is 14.8 Å². The van der Waals surface area contributed by atoms with Crippen molar-refractivity contribution in [2.45, 2.75) is 50.6 Å². The standard InChI is InChI=1S/C19H21ClFN3S2/c1-4-8-24-18(13-9-17(12(2)3)25-10-13)22-23-19(24)26-11-14-15(20)6-5-7-16(14)21/h5-7,9-10,12H,4,8,11H2,1-3H3. The van der Waals surface area contributed by atoms with Crippen LogP contribution in [0.3, 0.4) is 0 Å². The molecular formula is C19H21ClFN3S2. The first kappa shape index (κ1) is 19.4. The third kappa shape index (κ3) is 4.13. The summed E-state index contributed by atoms with van der Waals surface area (Å²) >= 11 is 9.35. The maximum absolute atomic E-state index is 14.0. The Kier molecular flexibility index (Phi) is 6.37. The predicted octanol–water partition coefficient (Wildman–Crippen LogP) is 6.62. The molecule has 26 heavy (non-hydrogen) atoms. The molecule has 3 nitrogen and oxygen atoms in total. The van der Waals surface area contributed by atoms with Crippen molar-refractivity contribution in [2.24, 2.45) is 0 Å². The number of nitrogens with zero attached hydrogens (tertiary/aromatic N) is 3. The van der Waals surface area contributed by atoms with E-state index >= 15 is 0 Å². The van der Waals surface area contributed by atoms with Gasteiger partial charge in [-0.15, -0.1) is 21.5 Å². The molecule has 0 unspecified atom stereocenters. The van der Waals surface area contributed by atoms with Crippen LogP contribution < -0.4 is 0 Å². The average Bonchev–Trinajstić information content (AvgIpc) is 3.22. The molecule has 2 heterocycles. The first-order chi connectivity index (χ1) is 12.5. The van der Waals surface area contributed by atoms with E-state index < -0.39 is 0 Å². The van der Waals surface area contributed by atoms with Crippen LogP contribution in [0.4, 0.5) is 4.39 Å². The number of aromatic nitrogens is 3. The zero-order valence-corrected chi connectivity index (χ0v) is 17.4. The van der Waals surface area contributed by atoms with Crippen LogP contribution in [0.5, 0.6) is 0 Å². The van der Waals surface area contributed by atoms with Crippen molar-refractivity contribution in [1.82, 2.24) is 14.8 Å². The molecule has 0 amide bonds. The van der Waals surface area contributed by atoms with Crippen molar-refractivity contribution in [1.29, 1.82) is 0 Å². The van der Waals surface area contributed by atoms with Crippen LogP contribution in [-0.2, 0) is 12.3 Å². The molecule has 0 radical (unpaired) electrons. The molecule has 0 saturated carbocycles. The summed E-state index contributed by atoms with van der Waals surface area (Å²) in [6, 6.07) is 6.95. The lowest BCUT2D eigenvalue weighted by Gasteiger charge is -2.09. The van der Waals surface area contributed by atoms with Gasteiger partial charge in [-0.1, -0.05) is 50.2 Å². The maximum atomic E-state index is 14.0. The first-order valence-electron chi connectivity index (χ1n) is 8.59. The van der Waals surface area contributed by atoms with Crippen molar-refractivity contribution in [3.05, 3.63) is 50.9 Å². The van der Waals surface area contributed by atoms with Gasteiger partial charge in [0.15, 0.2) is 11.0 Å². The van der Waals surface area contributed by atoms with E-state index in [9.17, 15) is 4.39 Å². The number of rotatable bonds is 7. The van der Waals surface area contributed by atoms with Gasteiger partial charge < -0.3 is 4.57 Å². The SMILES string of the molecule is CCCn1c(SCc2c(F)cccc2Cl)nnc1-c1csc(C(C)C)c1. The summed E-state index contributed by atoms with van der Waals surface area (Å²) in [5.74, 6) is 1.51. The highest BCUT2D eigenvalue weighted by atomic mass is 35.5. The van der Waals surface area contributed by atoms with Gasteiger partial charge in [-0.05, 0) is 30.5 Å². The third-order valence-corrected chi connectivity index (χ3v) is 6.60. The van der Waals surface area contributed by atoms with Gasteiger partial charge in [0.2, 0.25) is 0 Å². The van der Waals surface area contributed by atoms with Crippen LogP contribution in [0.2, 0.25) is 5.02 Å². The molecular weight excluding hydrogens is 389 g/mol. The van der Waals surface area contributed by atoms with Crippen molar-refractivity contribution in [3.8, 4) is 11.4 Å². The fraction of sp³-hybridized carbons (Fsp3) is 0.368. The highest BCUT2D eigenvalue weighted by Crippen LogP contribution is 2.33. The highest BCUT2D eigenvalue weighted by Gasteiger charge is 2.17. The minimum atomic E-state index is -0.286. The normalized spacial score (nSPS) is 11.5. The van der Waals surface area contributed by atoms with Gasteiger partial charge in [0.25, 0.3) is 0 Å². The molecule has 0 aliphatic heterocycles. The van der Waals surface area contributed by atoms with E-state index in [-0.39, 0.29) is 5.82 Å². The number of thioether (sulfide) groups is 1. The lowest BCUT2D eigenvalue weighted by atomic mass is 10.1.